The quantitative estimate of drug-likeness (QED) is 0.651. The molecule has 2 N–H and O–H groups in total. The van der Waals surface area contributed by atoms with E-state index in [-0.39, 0.29) is 26.3 Å². The summed E-state index contributed by atoms with van der Waals surface area (Å²) >= 11 is 0. The summed E-state index contributed by atoms with van der Waals surface area (Å²) in [5.41, 5.74) is 0. The molecule has 0 bridgehead atoms. The lowest BCUT2D eigenvalue weighted by atomic mass is 10.1. The highest BCUT2D eigenvalue weighted by atomic mass is 19.4. The number of hydrogen-bond donors (Lipinski definition) is 2. The number of methoxy groups -OCH3 is 1. The summed E-state index contributed by atoms with van der Waals surface area (Å²) in [7, 11) is 1.38. The van der Waals surface area contributed by atoms with Gasteiger partial charge in [0.05, 0.1) is 13.2 Å². The monoisotopic (exact) mass is 259 g/mol. The molecule has 0 heterocycles. The van der Waals surface area contributed by atoms with E-state index in [2.05, 4.69) is 0 Å². The Balaban J connectivity index is 4.51. The third kappa shape index (κ3) is 6.44. The lowest BCUT2D eigenvalue weighted by Gasteiger charge is -2.25. The van der Waals surface area contributed by atoms with E-state index in [9.17, 15) is 18.0 Å². The van der Waals surface area contributed by atoms with Crippen LogP contribution in [-0.2, 0) is 9.53 Å². The summed E-state index contributed by atoms with van der Waals surface area (Å²) in [6.07, 6.45) is -4.80. The van der Waals surface area contributed by atoms with Crippen molar-refractivity contribution < 1.29 is 32.9 Å². The lowest BCUT2D eigenvalue weighted by molar-refractivity contribution is -0.196. The Morgan fingerprint density at radius 2 is 2.00 bits per heavy atom. The van der Waals surface area contributed by atoms with Crippen molar-refractivity contribution in [2.45, 2.75) is 6.18 Å². The number of rotatable bonds is 8. The fraction of sp³-hybridized carbons (Fsp3) is 0.889. The Bertz CT molecular complexity index is 235. The van der Waals surface area contributed by atoms with Gasteiger partial charge in [0.2, 0.25) is 0 Å². The van der Waals surface area contributed by atoms with Gasteiger partial charge in [-0.2, -0.15) is 13.2 Å². The molecule has 0 saturated carbocycles. The van der Waals surface area contributed by atoms with Crippen LogP contribution >= 0.6 is 0 Å². The molecule has 0 aliphatic carbocycles. The second-order valence-electron chi connectivity index (χ2n) is 3.45. The van der Waals surface area contributed by atoms with E-state index in [1.54, 1.807) is 0 Å². The Morgan fingerprint density at radius 3 is 2.35 bits per heavy atom. The molecule has 102 valence electrons. The van der Waals surface area contributed by atoms with Crippen LogP contribution in [0.15, 0.2) is 0 Å². The van der Waals surface area contributed by atoms with Gasteiger partial charge in [-0.05, 0) is 0 Å². The maximum Gasteiger partial charge on any atom is 0.403 e. The lowest BCUT2D eigenvalue weighted by Crippen LogP contribution is -2.43. The first kappa shape index (κ1) is 16.1. The summed E-state index contributed by atoms with van der Waals surface area (Å²) < 4.78 is 41.9. The van der Waals surface area contributed by atoms with Crippen LogP contribution in [0, 0.1) is 5.92 Å². The first-order valence-corrected chi connectivity index (χ1v) is 4.94. The molecule has 1 atom stereocenters. The van der Waals surface area contributed by atoms with Crippen molar-refractivity contribution in [3.63, 3.8) is 0 Å². The van der Waals surface area contributed by atoms with E-state index in [4.69, 9.17) is 14.9 Å². The summed E-state index contributed by atoms with van der Waals surface area (Å²) in [4.78, 5) is 11.7. The van der Waals surface area contributed by atoms with Crippen molar-refractivity contribution in [1.82, 2.24) is 4.90 Å². The molecule has 0 aromatic heterocycles. The number of aliphatic hydroxyl groups excluding tert-OH is 1. The molecule has 17 heavy (non-hydrogen) atoms. The minimum absolute atomic E-state index is 0.0246. The predicted molar refractivity (Wildman–Crippen MR) is 52.6 cm³/mol. The zero-order valence-electron chi connectivity index (χ0n) is 9.40. The van der Waals surface area contributed by atoms with Crippen LogP contribution in [-0.4, -0.2) is 67.2 Å². The van der Waals surface area contributed by atoms with Crippen molar-refractivity contribution in [1.29, 1.82) is 0 Å². The van der Waals surface area contributed by atoms with Gasteiger partial charge in [-0.1, -0.05) is 0 Å². The van der Waals surface area contributed by atoms with Crippen molar-refractivity contribution in [3.8, 4) is 0 Å². The molecule has 5 nitrogen and oxygen atoms in total. The molecule has 0 aromatic carbocycles. The van der Waals surface area contributed by atoms with Crippen LogP contribution in [0.3, 0.4) is 0 Å². The second kappa shape index (κ2) is 7.46. The number of aliphatic hydroxyl groups is 1. The molecule has 1 unspecified atom stereocenters. The predicted octanol–water partition coefficient (Wildman–Crippen LogP) is 0.190. The molecule has 0 amide bonds. The van der Waals surface area contributed by atoms with Gasteiger partial charge in [-0.25, -0.2) is 0 Å². The van der Waals surface area contributed by atoms with Crippen LogP contribution < -0.4 is 0 Å². The first-order valence-electron chi connectivity index (χ1n) is 4.94. The van der Waals surface area contributed by atoms with E-state index in [0.29, 0.717) is 0 Å². The van der Waals surface area contributed by atoms with E-state index in [0.717, 1.165) is 0 Å². The molecule has 0 fully saturated rings. The summed E-state index contributed by atoms with van der Waals surface area (Å²) in [6, 6.07) is 0. The fourth-order valence-corrected chi connectivity index (χ4v) is 1.24. The van der Waals surface area contributed by atoms with Gasteiger partial charge < -0.3 is 14.9 Å². The number of carboxylic acids is 1. The smallest absolute Gasteiger partial charge is 0.403 e. The van der Waals surface area contributed by atoms with Crippen molar-refractivity contribution in [2.24, 2.45) is 5.92 Å². The third-order valence-electron chi connectivity index (χ3n) is 2.16. The van der Waals surface area contributed by atoms with E-state index < -0.39 is 24.6 Å². The summed E-state index contributed by atoms with van der Waals surface area (Å²) in [5.74, 6) is -4.37. The van der Waals surface area contributed by atoms with Gasteiger partial charge in [0.15, 0.2) is 5.92 Å². The highest BCUT2D eigenvalue weighted by molar-refractivity contribution is 5.71. The molecule has 0 radical (unpaired) electrons. The van der Waals surface area contributed by atoms with Crippen molar-refractivity contribution in [3.05, 3.63) is 0 Å². The van der Waals surface area contributed by atoms with Gasteiger partial charge in [0.1, 0.15) is 0 Å². The van der Waals surface area contributed by atoms with E-state index >= 15 is 0 Å². The minimum Gasteiger partial charge on any atom is -0.481 e. The maximum absolute atomic E-state index is 12.4. The molecule has 0 aliphatic heterocycles. The Hall–Kier alpha value is -0.860. The Kier molecular flexibility index (Phi) is 7.09. The number of aliphatic carboxylic acids is 1. The van der Waals surface area contributed by atoms with Gasteiger partial charge in [0, 0.05) is 26.7 Å². The average Bonchev–Trinajstić information content (AvgIpc) is 2.19. The molecule has 0 aliphatic rings. The number of nitrogens with zero attached hydrogens (tertiary/aromatic N) is 1. The number of carbonyl (C=O) groups is 1. The molecule has 0 rings (SSSR count). The highest BCUT2D eigenvalue weighted by Gasteiger charge is 2.45. The van der Waals surface area contributed by atoms with Gasteiger partial charge >= 0.3 is 12.1 Å². The van der Waals surface area contributed by atoms with Crippen molar-refractivity contribution >= 4 is 5.97 Å². The topological polar surface area (TPSA) is 70.0 Å². The zero-order chi connectivity index (χ0) is 13.5. The maximum atomic E-state index is 12.4. The number of hydrogen-bond acceptors (Lipinski definition) is 4. The normalized spacial score (nSPS) is 14.0. The molecule has 8 heteroatoms. The van der Waals surface area contributed by atoms with Crippen LogP contribution in [0.2, 0.25) is 0 Å². The molecule has 0 aromatic rings. The minimum atomic E-state index is -4.80. The zero-order valence-corrected chi connectivity index (χ0v) is 9.40. The Labute approximate surface area is 96.8 Å². The van der Waals surface area contributed by atoms with Gasteiger partial charge in [0.25, 0.3) is 0 Å². The molecular weight excluding hydrogens is 243 g/mol. The number of ether oxygens (including phenoxy) is 1. The number of alkyl halides is 3. The second-order valence-corrected chi connectivity index (χ2v) is 3.45. The van der Waals surface area contributed by atoms with Crippen molar-refractivity contribution in [2.75, 3.05) is 40.0 Å². The van der Waals surface area contributed by atoms with Gasteiger partial charge in [-0.15, -0.1) is 0 Å². The number of halogens is 3. The van der Waals surface area contributed by atoms with Crippen LogP contribution in [0.1, 0.15) is 0 Å². The Morgan fingerprint density at radius 1 is 1.41 bits per heavy atom. The summed E-state index contributed by atoms with van der Waals surface area (Å²) in [5, 5.41) is 17.2. The largest absolute Gasteiger partial charge is 0.481 e. The van der Waals surface area contributed by atoms with Crippen LogP contribution in [0.5, 0.6) is 0 Å². The van der Waals surface area contributed by atoms with Crippen LogP contribution in [0.4, 0.5) is 13.2 Å². The molecular formula is C9H16F3NO4. The SMILES string of the molecule is COCCN(CCO)CC(C(=O)O)C(F)(F)F. The standard InChI is InChI=1S/C9H16F3NO4/c1-17-5-3-13(2-4-14)6-7(8(15)16)9(10,11)12/h7,14H,2-6H2,1H3,(H,15,16). The summed E-state index contributed by atoms with van der Waals surface area (Å²) in [6.45, 7) is -0.749. The highest BCUT2D eigenvalue weighted by Crippen LogP contribution is 2.27. The average molecular weight is 259 g/mol. The van der Waals surface area contributed by atoms with Crippen LogP contribution in [0.25, 0.3) is 0 Å². The fourth-order valence-electron chi connectivity index (χ4n) is 1.24. The first-order chi connectivity index (χ1) is 7.82. The van der Waals surface area contributed by atoms with Gasteiger partial charge in [-0.3, -0.25) is 9.69 Å². The number of carboxylic acid groups (broad SMARTS) is 1. The third-order valence-corrected chi connectivity index (χ3v) is 2.16. The molecule has 0 spiro atoms. The van der Waals surface area contributed by atoms with E-state index in [1.807, 2.05) is 0 Å². The molecule has 0 saturated heterocycles. The van der Waals surface area contributed by atoms with E-state index in [1.165, 1.54) is 12.0 Å².